The number of anilines is 2. The van der Waals surface area contributed by atoms with Crippen LogP contribution < -0.4 is 10.1 Å². The molecule has 19 heavy (non-hydrogen) atoms. The molecule has 5 heteroatoms. The van der Waals surface area contributed by atoms with E-state index in [2.05, 4.69) is 10.3 Å². The van der Waals surface area contributed by atoms with Crippen molar-refractivity contribution in [1.29, 1.82) is 0 Å². The van der Waals surface area contributed by atoms with E-state index in [9.17, 15) is 0 Å². The summed E-state index contributed by atoms with van der Waals surface area (Å²) >= 11 is 5.91. The number of nitrogens with zero attached hydrogens (tertiary/aromatic N) is 1. The highest BCUT2D eigenvalue weighted by Crippen LogP contribution is 2.25. The Hall–Kier alpha value is -2.20. The van der Waals surface area contributed by atoms with Crippen molar-refractivity contribution in [2.45, 2.75) is 0 Å². The second-order valence-corrected chi connectivity index (χ2v) is 4.42. The standard InChI is InChI=1S/C14H11ClN2O2/c1-18-11-4-2-3-10(8-11)16-14-17-12-7-9(15)5-6-13(12)19-14/h2-8H,1H3,(H,16,17). The fourth-order valence-electron chi connectivity index (χ4n) is 1.78. The van der Waals surface area contributed by atoms with Gasteiger partial charge in [-0.15, -0.1) is 0 Å². The predicted octanol–water partition coefficient (Wildman–Crippen LogP) is 4.23. The Kier molecular flexibility index (Phi) is 3.01. The van der Waals surface area contributed by atoms with Crippen molar-refractivity contribution in [3.63, 3.8) is 0 Å². The maximum atomic E-state index is 5.91. The first kappa shape index (κ1) is 11.9. The smallest absolute Gasteiger partial charge is 0.300 e. The molecule has 0 amide bonds. The average molecular weight is 275 g/mol. The van der Waals surface area contributed by atoms with Gasteiger partial charge in [-0.3, -0.25) is 0 Å². The van der Waals surface area contributed by atoms with Gasteiger partial charge in [-0.25, -0.2) is 0 Å². The summed E-state index contributed by atoms with van der Waals surface area (Å²) in [7, 11) is 1.63. The number of benzene rings is 2. The van der Waals surface area contributed by atoms with Crippen LogP contribution in [0.25, 0.3) is 11.1 Å². The summed E-state index contributed by atoms with van der Waals surface area (Å²) < 4.78 is 10.7. The normalized spacial score (nSPS) is 10.6. The molecule has 3 rings (SSSR count). The number of fused-ring (bicyclic) bond motifs is 1. The molecule has 0 atom stereocenters. The molecule has 3 aromatic rings. The Labute approximate surface area is 115 Å². The molecule has 2 aromatic carbocycles. The lowest BCUT2D eigenvalue weighted by Gasteiger charge is -2.03. The first-order chi connectivity index (χ1) is 9.24. The van der Waals surface area contributed by atoms with Crippen molar-refractivity contribution >= 4 is 34.4 Å². The lowest BCUT2D eigenvalue weighted by Crippen LogP contribution is -1.91. The summed E-state index contributed by atoms with van der Waals surface area (Å²) in [5.41, 5.74) is 2.25. The van der Waals surface area contributed by atoms with Crippen molar-refractivity contribution < 1.29 is 9.15 Å². The quantitative estimate of drug-likeness (QED) is 0.776. The van der Waals surface area contributed by atoms with Crippen LogP contribution in [0.2, 0.25) is 5.02 Å². The van der Waals surface area contributed by atoms with Gasteiger partial charge >= 0.3 is 0 Å². The van der Waals surface area contributed by atoms with Gasteiger partial charge in [0.2, 0.25) is 0 Å². The van der Waals surface area contributed by atoms with E-state index in [4.69, 9.17) is 20.8 Å². The van der Waals surface area contributed by atoms with Crippen LogP contribution in [0.5, 0.6) is 5.75 Å². The van der Waals surface area contributed by atoms with E-state index in [0.29, 0.717) is 16.6 Å². The fourth-order valence-corrected chi connectivity index (χ4v) is 1.94. The van der Waals surface area contributed by atoms with Gasteiger partial charge in [0.1, 0.15) is 11.3 Å². The number of rotatable bonds is 3. The van der Waals surface area contributed by atoms with E-state index in [1.165, 1.54) is 0 Å². The minimum Gasteiger partial charge on any atom is -0.497 e. The van der Waals surface area contributed by atoms with Gasteiger partial charge in [0.05, 0.1) is 7.11 Å². The Bertz CT molecular complexity index is 724. The van der Waals surface area contributed by atoms with Crippen LogP contribution in [0.1, 0.15) is 0 Å². The molecule has 1 aromatic heterocycles. The predicted molar refractivity (Wildman–Crippen MR) is 75.3 cm³/mol. The fraction of sp³-hybridized carbons (Fsp3) is 0.0714. The van der Waals surface area contributed by atoms with Crippen molar-refractivity contribution in [3.05, 3.63) is 47.5 Å². The maximum absolute atomic E-state index is 5.91. The molecular weight excluding hydrogens is 264 g/mol. The monoisotopic (exact) mass is 274 g/mol. The summed E-state index contributed by atoms with van der Waals surface area (Å²) in [4.78, 5) is 4.32. The second kappa shape index (κ2) is 4.82. The van der Waals surface area contributed by atoms with E-state index in [1.54, 1.807) is 25.3 Å². The largest absolute Gasteiger partial charge is 0.497 e. The highest BCUT2D eigenvalue weighted by atomic mass is 35.5. The van der Waals surface area contributed by atoms with Gasteiger partial charge in [0.25, 0.3) is 6.01 Å². The zero-order valence-electron chi connectivity index (χ0n) is 10.2. The minimum atomic E-state index is 0.422. The lowest BCUT2D eigenvalue weighted by atomic mass is 10.3. The number of aromatic nitrogens is 1. The molecule has 0 saturated carbocycles. The molecule has 0 aliphatic carbocycles. The molecule has 0 fully saturated rings. The van der Waals surface area contributed by atoms with Crippen molar-refractivity contribution in [2.24, 2.45) is 0 Å². The van der Waals surface area contributed by atoms with Crippen LogP contribution in [0.15, 0.2) is 46.9 Å². The number of oxazole rings is 1. The first-order valence-corrected chi connectivity index (χ1v) is 6.09. The molecule has 0 radical (unpaired) electrons. The number of ether oxygens (including phenoxy) is 1. The van der Waals surface area contributed by atoms with Crippen molar-refractivity contribution in [3.8, 4) is 5.75 Å². The molecule has 0 spiro atoms. The molecule has 0 aliphatic heterocycles. The topological polar surface area (TPSA) is 47.3 Å². The lowest BCUT2D eigenvalue weighted by molar-refractivity contribution is 0.415. The number of hydrogen-bond donors (Lipinski definition) is 1. The number of hydrogen-bond acceptors (Lipinski definition) is 4. The molecular formula is C14H11ClN2O2. The van der Waals surface area contributed by atoms with E-state index in [-0.39, 0.29) is 0 Å². The number of nitrogens with one attached hydrogen (secondary N) is 1. The summed E-state index contributed by atoms with van der Waals surface area (Å²) in [6.45, 7) is 0. The van der Waals surface area contributed by atoms with Crippen LogP contribution in [0.4, 0.5) is 11.7 Å². The minimum absolute atomic E-state index is 0.422. The Morgan fingerprint density at radius 2 is 2.11 bits per heavy atom. The zero-order chi connectivity index (χ0) is 13.2. The third kappa shape index (κ3) is 2.48. The molecule has 0 saturated heterocycles. The van der Waals surface area contributed by atoms with Gasteiger partial charge in [0, 0.05) is 16.8 Å². The number of methoxy groups -OCH3 is 1. The van der Waals surface area contributed by atoms with E-state index in [0.717, 1.165) is 17.0 Å². The molecule has 96 valence electrons. The summed E-state index contributed by atoms with van der Waals surface area (Å²) in [6.07, 6.45) is 0. The molecule has 4 nitrogen and oxygen atoms in total. The van der Waals surface area contributed by atoms with Gasteiger partial charge in [-0.05, 0) is 30.3 Å². The van der Waals surface area contributed by atoms with Crippen molar-refractivity contribution in [2.75, 3.05) is 12.4 Å². The Balaban J connectivity index is 1.92. The molecule has 1 N–H and O–H groups in total. The molecule has 0 bridgehead atoms. The van der Waals surface area contributed by atoms with Gasteiger partial charge in [-0.2, -0.15) is 4.98 Å². The second-order valence-electron chi connectivity index (χ2n) is 3.99. The summed E-state index contributed by atoms with van der Waals surface area (Å²) in [5, 5.41) is 3.72. The maximum Gasteiger partial charge on any atom is 0.300 e. The third-order valence-corrected chi connectivity index (χ3v) is 2.91. The molecule has 1 heterocycles. The van der Waals surface area contributed by atoms with Crippen LogP contribution in [0, 0.1) is 0 Å². The SMILES string of the molecule is COc1cccc(Nc2nc3cc(Cl)ccc3o2)c1. The molecule has 0 aliphatic rings. The van der Waals surface area contributed by atoms with E-state index >= 15 is 0 Å². The van der Waals surface area contributed by atoms with E-state index < -0.39 is 0 Å². The Morgan fingerprint density at radius 1 is 1.21 bits per heavy atom. The zero-order valence-corrected chi connectivity index (χ0v) is 10.9. The van der Waals surface area contributed by atoms with Crippen LogP contribution in [0.3, 0.4) is 0 Å². The average Bonchev–Trinajstić information content (AvgIpc) is 2.80. The summed E-state index contributed by atoms with van der Waals surface area (Å²) in [5.74, 6) is 0.768. The van der Waals surface area contributed by atoms with Gasteiger partial charge in [0.15, 0.2) is 5.58 Å². The van der Waals surface area contributed by atoms with E-state index in [1.807, 2.05) is 24.3 Å². The van der Waals surface area contributed by atoms with Crippen LogP contribution in [-0.4, -0.2) is 12.1 Å². The Morgan fingerprint density at radius 3 is 2.95 bits per heavy atom. The van der Waals surface area contributed by atoms with Crippen LogP contribution in [-0.2, 0) is 0 Å². The van der Waals surface area contributed by atoms with Crippen molar-refractivity contribution in [1.82, 2.24) is 4.98 Å². The number of halogens is 1. The summed E-state index contributed by atoms with van der Waals surface area (Å²) in [6, 6.07) is 13.3. The highest BCUT2D eigenvalue weighted by Gasteiger charge is 2.06. The molecule has 0 unspecified atom stereocenters. The van der Waals surface area contributed by atoms with Gasteiger partial charge < -0.3 is 14.5 Å². The van der Waals surface area contributed by atoms with Gasteiger partial charge in [-0.1, -0.05) is 17.7 Å². The third-order valence-electron chi connectivity index (χ3n) is 2.67. The highest BCUT2D eigenvalue weighted by molar-refractivity contribution is 6.31. The first-order valence-electron chi connectivity index (χ1n) is 5.72. The van der Waals surface area contributed by atoms with Crippen LogP contribution >= 0.6 is 11.6 Å².